The number of halogens is 1. The van der Waals surface area contributed by atoms with Crippen LogP contribution in [0.5, 0.6) is 0 Å². The molecule has 0 radical (unpaired) electrons. The van der Waals surface area contributed by atoms with Crippen molar-refractivity contribution in [1.29, 1.82) is 0 Å². The third-order valence-corrected chi connectivity index (χ3v) is 4.72. The number of pyridine rings is 1. The van der Waals surface area contributed by atoms with Crippen LogP contribution in [-0.2, 0) is 4.79 Å². The second kappa shape index (κ2) is 6.33. The maximum absolute atomic E-state index is 13.5. The fourth-order valence-corrected chi connectivity index (χ4v) is 3.51. The van der Waals surface area contributed by atoms with E-state index in [0.717, 1.165) is 31.2 Å². The molecule has 4 heteroatoms. The maximum atomic E-state index is 13.5. The van der Waals surface area contributed by atoms with Crippen LogP contribution >= 0.6 is 0 Å². The number of aliphatic carboxylic acids is 1. The minimum Gasteiger partial charge on any atom is -0.481 e. The van der Waals surface area contributed by atoms with Gasteiger partial charge >= 0.3 is 5.97 Å². The third kappa shape index (κ3) is 3.00. The van der Waals surface area contributed by atoms with Crippen molar-refractivity contribution in [2.24, 2.45) is 11.8 Å². The highest BCUT2D eigenvalue weighted by atomic mass is 19.1. The Morgan fingerprint density at radius 3 is 2.65 bits per heavy atom. The molecular formula is C16H22FNO2. The molecule has 1 aliphatic rings. The molecule has 0 spiro atoms. The molecule has 20 heavy (non-hydrogen) atoms. The van der Waals surface area contributed by atoms with Crippen molar-refractivity contribution in [2.45, 2.75) is 51.9 Å². The fraction of sp³-hybridized carbons (Fsp3) is 0.625. The van der Waals surface area contributed by atoms with Gasteiger partial charge in [-0.15, -0.1) is 0 Å². The van der Waals surface area contributed by atoms with E-state index in [0.29, 0.717) is 17.9 Å². The number of hydrogen-bond acceptors (Lipinski definition) is 2. The van der Waals surface area contributed by atoms with Crippen molar-refractivity contribution < 1.29 is 14.3 Å². The zero-order valence-corrected chi connectivity index (χ0v) is 12.1. The molecule has 1 N–H and O–H groups in total. The average molecular weight is 279 g/mol. The second-order valence-electron chi connectivity index (χ2n) is 5.78. The Bertz CT molecular complexity index is 481. The summed E-state index contributed by atoms with van der Waals surface area (Å²) in [4.78, 5) is 14.9. The van der Waals surface area contributed by atoms with Crippen molar-refractivity contribution in [1.82, 2.24) is 4.98 Å². The standard InChI is InChI=1S/C16H22FNO2/c1-3-13(16(19)20)11-4-6-12(7-5-11)14-8-9-18-15(17)10(14)2/h8-9,11-13H,3-7H2,1-2H3,(H,19,20)/t11-,12+,13?. The van der Waals surface area contributed by atoms with Crippen LogP contribution < -0.4 is 0 Å². The number of nitrogens with zero attached hydrogens (tertiary/aromatic N) is 1. The third-order valence-electron chi connectivity index (χ3n) is 4.72. The van der Waals surface area contributed by atoms with Gasteiger partial charge in [-0.3, -0.25) is 4.79 Å². The summed E-state index contributed by atoms with van der Waals surface area (Å²) in [5, 5.41) is 9.23. The Morgan fingerprint density at radius 2 is 2.10 bits per heavy atom. The van der Waals surface area contributed by atoms with Crippen LogP contribution in [0.4, 0.5) is 4.39 Å². The Morgan fingerprint density at radius 1 is 1.45 bits per heavy atom. The molecule has 1 aromatic heterocycles. The van der Waals surface area contributed by atoms with Crippen molar-refractivity contribution in [2.75, 3.05) is 0 Å². The molecule has 1 unspecified atom stereocenters. The van der Waals surface area contributed by atoms with Gasteiger partial charge in [0.05, 0.1) is 5.92 Å². The van der Waals surface area contributed by atoms with Gasteiger partial charge in [0.1, 0.15) is 0 Å². The molecule has 3 nitrogen and oxygen atoms in total. The first-order valence-corrected chi connectivity index (χ1v) is 7.38. The molecule has 2 rings (SSSR count). The molecule has 0 saturated heterocycles. The normalized spacial score (nSPS) is 24.4. The summed E-state index contributed by atoms with van der Waals surface area (Å²) in [6.45, 7) is 3.71. The maximum Gasteiger partial charge on any atom is 0.306 e. The zero-order valence-electron chi connectivity index (χ0n) is 12.1. The number of hydrogen-bond donors (Lipinski definition) is 1. The smallest absolute Gasteiger partial charge is 0.306 e. The van der Waals surface area contributed by atoms with Crippen LogP contribution in [0.2, 0.25) is 0 Å². The predicted molar refractivity (Wildman–Crippen MR) is 75.0 cm³/mol. The summed E-state index contributed by atoms with van der Waals surface area (Å²) < 4.78 is 13.5. The molecule has 1 fully saturated rings. The molecule has 110 valence electrons. The quantitative estimate of drug-likeness (QED) is 0.850. The summed E-state index contributed by atoms with van der Waals surface area (Å²) in [6.07, 6.45) is 5.93. The molecule has 1 saturated carbocycles. The van der Waals surface area contributed by atoms with Crippen LogP contribution in [0.15, 0.2) is 12.3 Å². The minimum atomic E-state index is -0.679. The van der Waals surface area contributed by atoms with Gasteiger partial charge in [0, 0.05) is 11.8 Å². The highest BCUT2D eigenvalue weighted by molar-refractivity contribution is 5.70. The summed E-state index contributed by atoms with van der Waals surface area (Å²) in [5.41, 5.74) is 1.68. The minimum absolute atomic E-state index is 0.230. The summed E-state index contributed by atoms with van der Waals surface area (Å²) in [7, 11) is 0. The first-order chi connectivity index (χ1) is 9.54. The van der Waals surface area contributed by atoms with E-state index < -0.39 is 5.97 Å². The monoisotopic (exact) mass is 279 g/mol. The second-order valence-corrected chi connectivity index (χ2v) is 5.78. The van der Waals surface area contributed by atoms with Gasteiger partial charge in [-0.05, 0) is 62.5 Å². The molecule has 1 aliphatic carbocycles. The van der Waals surface area contributed by atoms with Crippen LogP contribution in [0.1, 0.15) is 56.1 Å². The van der Waals surface area contributed by atoms with Gasteiger partial charge in [-0.25, -0.2) is 4.98 Å². The van der Waals surface area contributed by atoms with E-state index in [-0.39, 0.29) is 17.8 Å². The van der Waals surface area contributed by atoms with E-state index >= 15 is 0 Å². The summed E-state index contributed by atoms with van der Waals surface area (Å²) in [5.74, 6) is -0.689. The van der Waals surface area contributed by atoms with E-state index in [4.69, 9.17) is 0 Å². The highest BCUT2D eigenvalue weighted by Crippen LogP contribution is 2.40. The van der Waals surface area contributed by atoms with Crippen molar-refractivity contribution in [3.63, 3.8) is 0 Å². The molecule has 0 aromatic carbocycles. The topological polar surface area (TPSA) is 50.2 Å². The molecule has 1 aromatic rings. The number of aromatic nitrogens is 1. The van der Waals surface area contributed by atoms with Gasteiger partial charge < -0.3 is 5.11 Å². The lowest BCUT2D eigenvalue weighted by Crippen LogP contribution is -2.27. The van der Waals surface area contributed by atoms with Gasteiger partial charge in [0.25, 0.3) is 0 Å². The van der Waals surface area contributed by atoms with Crippen molar-refractivity contribution in [3.05, 3.63) is 29.3 Å². The lowest BCUT2D eigenvalue weighted by atomic mass is 9.72. The summed E-state index contributed by atoms with van der Waals surface area (Å²) >= 11 is 0. The molecule has 1 atom stereocenters. The van der Waals surface area contributed by atoms with Crippen LogP contribution in [0.25, 0.3) is 0 Å². The van der Waals surface area contributed by atoms with Gasteiger partial charge in [-0.1, -0.05) is 6.92 Å². The molecule has 1 heterocycles. The number of carbonyl (C=O) groups is 1. The van der Waals surface area contributed by atoms with Crippen molar-refractivity contribution >= 4 is 5.97 Å². The lowest BCUT2D eigenvalue weighted by molar-refractivity contribution is -0.144. The Balaban J connectivity index is 2.04. The largest absolute Gasteiger partial charge is 0.481 e. The zero-order chi connectivity index (χ0) is 14.7. The van der Waals surface area contributed by atoms with Crippen LogP contribution in [0, 0.1) is 24.7 Å². The van der Waals surface area contributed by atoms with E-state index in [9.17, 15) is 14.3 Å². The van der Waals surface area contributed by atoms with E-state index in [1.165, 1.54) is 6.20 Å². The average Bonchev–Trinajstić information content (AvgIpc) is 2.43. The molecule has 0 aliphatic heterocycles. The Hall–Kier alpha value is -1.45. The fourth-order valence-electron chi connectivity index (χ4n) is 3.51. The van der Waals surface area contributed by atoms with Gasteiger partial charge in [0.15, 0.2) is 0 Å². The molecule has 0 amide bonds. The molecular weight excluding hydrogens is 257 g/mol. The first kappa shape index (κ1) is 14.9. The van der Waals surface area contributed by atoms with Crippen molar-refractivity contribution in [3.8, 4) is 0 Å². The highest BCUT2D eigenvalue weighted by Gasteiger charge is 2.31. The van der Waals surface area contributed by atoms with E-state index in [2.05, 4.69) is 4.98 Å². The number of carboxylic acids is 1. The van der Waals surface area contributed by atoms with E-state index in [1.807, 2.05) is 13.0 Å². The SMILES string of the molecule is CCC(C(=O)O)[C@H]1CC[C@@H](c2ccnc(F)c2C)CC1. The Labute approximate surface area is 119 Å². The number of carboxylic acid groups (broad SMARTS) is 1. The van der Waals surface area contributed by atoms with Crippen LogP contribution in [-0.4, -0.2) is 16.1 Å². The summed E-state index contributed by atoms with van der Waals surface area (Å²) in [6, 6.07) is 1.90. The van der Waals surface area contributed by atoms with Crippen LogP contribution in [0.3, 0.4) is 0 Å². The predicted octanol–water partition coefficient (Wildman–Crippen LogP) is 3.91. The Kier molecular flexibility index (Phi) is 4.73. The first-order valence-electron chi connectivity index (χ1n) is 7.38. The van der Waals surface area contributed by atoms with Gasteiger partial charge in [0.2, 0.25) is 5.95 Å². The van der Waals surface area contributed by atoms with E-state index in [1.54, 1.807) is 6.92 Å². The van der Waals surface area contributed by atoms with Gasteiger partial charge in [-0.2, -0.15) is 4.39 Å². The molecule has 0 bridgehead atoms. The lowest BCUT2D eigenvalue weighted by Gasteiger charge is -2.32. The number of rotatable bonds is 4.